The number of nitro groups is 1. The first kappa shape index (κ1) is 18.1. The van der Waals surface area contributed by atoms with Crippen LogP contribution in [0.3, 0.4) is 0 Å². The van der Waals surface area contributed by atoms with E-state index in [-0.39, 0.29) is 17.2 Å². The van der Waals surface area contributed by atoms with E-state index in [0.29, 0.717) is 16.8 Å². The predicted octanol–water partition coefficient (Wildman–Crippen LogP) is 3.65. The lowest BCUT2D eigenvalue weighted by Crippen LogP contribution is -2.09. The molecule has 136 valence electrons. The lowest BCUT2D eigenvalue weighted by atomic mass is 10.1. The third-order valence-electron chi connectivity index (χ3n) is 4.11. The summed E-state index contributed by atoms with van der Waals surface area (Å²) in [6.45, 7) is 1.98. The number of carbonyl (C=O) groups is 1. The second-order valence-electron chi connectivity index (χ2n) is 5.94. The maximum absolute atomic E-state index is 12.1. The number of benzene rings is 2. The highest BCUT2D eigenvalue weighted by Crippen LogP contribution is 2.20. The molecule has 0 aliphatic heterocycles. The van der Waals surface area contributed by atoms with E-state index in [1.165, 1.54) is 18.2 Å². The van der Waals surface area contributed by atoms with Gasteiger partial charge in [-0.25, -0.2) is 0 Å². The average molecular weight is 363 g/mol. The van der Waals surface area contributed by atoms with Gasteiger partial charge in [-0.15, -0.1) is 0 Å². The number of aromatic amines is 1. The van der Waals surface area contributed by atoms with Crippen molar-refractivity contribution in [3.05, 3.63) is 86.2 Å². The van der Waals surface area contributed by atoms with Crippen LogP contribution in [0.15, 0.2) is 59.4 Å². The SMILES string of the molecule is CCc1cc(=O)[nH]c2cc(NC(=O)/C=C\c3ccc([N+](=O)[O-])cc3)ccc12. The number of nitro benzene ring substituents is 1. The average Bonchev–Trinajstić information content (AvgIpc) is 2.65. The van der Waals surface area contributed by atoms with Gasteiger partial charge in [-0.2, -0.15) is 0 Å². The molecule has 0 saturated carbocycles. The molecule has 0 aliphatic carbocycles. The highest BCUT2D eigenvalue weighted by atomic mass is 16.6. The van der Waals surface area contributed by atoms with Gasteiger partial charge in [-0.05, 0) is 47.9 Å². The van der Waals surface area contributed by atoms with Gasteiger partial charge in [0.05, 0.1) is 10.4 Å². The molecule has 0 aliphatic rings. The molecule has 0 unspecified atom stereocenters. The summed E-state index contributed by atoms with van der Waals surface area (Å²) in [7, 11) is 0. The van der Waals surface area contributed by atoms with Crippen LogP contribution in [0.5, 0.6) is 0 Å². The molecule has 2 N–H and O–H groups in total. The Balaban J connectivity index is 1.75. The largest absolute Gasteiger partial charge is 0.322 e. The maximum atomic E-state index is 12.1. The van der Waals surface area contributed by atoms with Crippen molar-refractivity contribution in [3.63, 3.8) is 0 Å². The standard InChI is InChI=1S/C20H17N3O4/c1-2-14-11-20(25)22-18-12-15(6-9-17(14)18)21-19(24)10-5-13-3-7-16(8-4-13)23(26)27/h3-12H,2H2,1H3,(H,21,24)(H,22,25)/b10-5-. The summed E-state index contributed by atoms with van der Waals surface area (Å²) >= 11 is 0. The van der Waals surface area contributed by atoms with Gasteiger partial charge < -0.3 is 10.3 Å². The smallest absolute Gasteiger partial charge is 0.269 e. The number of hydrogen-bond donors (Lipinski definition) is 2. The Hall–Kier alpha value is -3.74. The highest BCUT2D eigenvalue weighted by molar-refractivity contribution is 6.03. The molecule has 1 heterocycles. The van der Waals surface area contributed by atoms with Crippen LogP contribution in [0, 0.1) is 10.1 Å². The molecule has 1 amide bonds. The number of anilines is 1. The molecule has 1 aromatic heterocycles. The van der Waals surface area contributed by atoms with Crippen molar-refractivity contribution in [2.45, 2.75) is 13.3 Å². The number of hydrogen-bond acceptors (Lipinski definition) is 4. The molecule has 0 radical (unpaired) electrons. The molecule has 7 nitrogen and oxygen atoms in total. The first-order valence-corrected chi connectivity index (χ1v) is 8.36. The Kier molecular flexibility index (Phi) is 5.12. The van der Waals surface area contributed by atoms with E-state index in [1.54, 1.807) is 36.4 Å². The van der Waals surface area contributed by atoms with Gasteiger partial charge >= 0.3 is 0 Å². The van der Waals surface area contributed by atoms with E-state index < -0.39 is 4.92 Å². The van der Waals surface area contributed by atoms with Gasteiger partial charge in [-0.1, -0.05) is 13.0 Å². The van der Waals surface area contributed by atoms with Crippen LogP contribution in [0.1, 0.15) is 18.1 Å². The van der Waals surface area contributed by atoms with E-state index in [0.717, 1.165) is 17.4 Å². The number of aromatic nitrogens is 1. The minimum atomic E-state index is -0.478. The summed E-state index contributed by atoms with van der Waals surface area (Å²) in [4.78, 5) is 36.8. The number of H-pyrrole nitrogens is 1. The number of nitrogens with one attached hydrogen (secondary N) is 2. The van der Waals surface area contributed by atoms with Crippen LogP contribution in [0.2, 0.25) is 0 Å². The first-order valence-electron chi connectivity index (χ1n) is 8.36. The van der Waals surface area contributed by atoms with Gasteiger partial charge in [-0.3, -0.25) is 19.7 Å². The molecule has 2 aromatic carbocycles. The molecule has 27 heavy (non-hydrogen) atoms. The zero-order valence-corrected chi connectivity index (χ0v) is 14.6. The number of carbonyl (C=O) groups excluding carboxylic acids is 1. The number of rotatable bonds is 5. The summed E-state index contributed by atoms with van der Waals surface area (Å²) in [6.07, 6.45) is 3.65. The number of nitrogens with zero attached hydrogens (tertiary/aromatic N) is 1. The van der Waals surface area contributed by atoms with Gasteiger partial charge in [0.25, 0.3) is 5.69 Å². The fourth-order valence-electron chi connectivity index (χ4n) is 2.77. The monoisotopic (exact) mass is 363 g/mol. The van der Waals surface area contributed by atoms with E-state index in [1.807, 2.05) is 13.0 Å². The molecule has 7 heteroatoms. The summed E-state index contributed by atoms with van der Waals surface area (Å²) in [5.74, 6) is -0.346. The number of fused-ring (bicyclic) bond motifs is 1. The zero-order chi connectivity index (χ0) is 19.4. The second kappa shape index (κ2) is 7.65. The predicted molar refractivity (Wildman–Crippen MR) is 105 cm³/mol. The third-order valence-corrected chi connectivity index (χ3v) is 4.11. The van der Waals surface area contributed by atoms with Crippen molar-refractivity contribution in [2.24, 2.45) is 0 Å². The molecule has 3 rings (SSSR count). The first-order chi connectivity index (χ1) is 13.0. The molecular weight excluding hydrogens is 346 g/mol. The molecular formula is C20H17N3O4. The molecule has 0 saturated heterocycles. The molecule has 0 bridgehead atoms. The molecule has 0 fully saturated rings. The Labute approximate surface area is 154 Å². The lowest BCUT2D eigenvalue weighted by Gasteiger charge is -2.07. The third kappa shape index (κ3) is 4.27. The fourth-order valence-corrected chi connectivity index (χ4v) is 2.77. The van der Waals surface area contributed by atoms with Crippen molar-refractivity contribution >= 4 is 34.3 Å². The van der Waals surface area contributed by atoms with Crippen molar-refractivity contribution in [2.75, 3.05) is 5.32 Å². The highest BCUT2D eigenvalue weighted by Gasteiger charge is 2.05. The van der Waals surface area contributed by atoms with Crippen LogP contribution >= 0.6 is 0 Å². The number of amides is 1. The van der Waals surface area contributed by atoms with E-state index in [2.05, 4.69) is 10.3 Å². The lowest BCUT2D eigenvalue weighted by molar-refractivity contribution is -0.384. The quantitative estimate of drug-likeness (QED) is 0.410. The van der Waals surface area contributed by atoms with E-state index >= 15 is 0 Å². The van der Waals surface area contributed by atoms with Crippen molar-refractivity contribution in [3.8, 4) is 0 Å². The fraction of sp³-hybridized carbons (Fsp3) is 0.100. The normalized spacial score (nSPS) is 11.0. The Morgan fingerprint density at radius 1 is 1.19 bits per heavy atom. The maximum Gasteiger partial charge on any atom is 0.269 e. The molecule has 0 atom stereocenters. The van der Waals surface area contributed by atoms with Crippen LogP contribution in [-0.4, -0.2) is 15.8 Å². The van der Waals surface area contributed by atoms with Crippen LogP contribution in [0.4, 0.5) is 11.4 Å². The summed E-state index contributed by atoms with van der Waals surface area (Å²) in [6, 6.07) is 12.8. The number of aryl methyl sites for hydroxylation is 1. The topological polar surface area (TPSA) is 105 Å². The number of non-ortho nitro benzene ring substituents is 1. The van der Waals surface area contributed by atoms with Gasteiger partial charge in [0.1, 0.15) is 0 Å². The van der Waals surface area contributed by atoms with Crippen molar-refractivity contribution in [1.82, 2.24) is 4.98 Å². The van der Waals surface area contributed by atoms with Gasteiger partial charge in [0, 0.05) is 35.3 Å². The summed E-state index contributed by atoms with van der Waals surface area (Å²) < 4.78 is 0. The van der Waals surface area contributed by atoms with Crippen LogP contribution in [-0.2, 0) is 11.2 Å². The van der Waals surface area contributed by atoms with Crippen LogP contribution < -0.4 is 10.9 Å². The van der Waals surface area contributed by atoms with Crippen LogP contribution in [0.25, 0.3) is 17.0 Å². The Morgan fingerprint density at radius 3 is 2.59 bits per heavy atom. The van der Waals surface area contributed by atoms with Gasteiger partial charge in [0.2, 0.25) is 11.5 Å². The second-order valence-corrected chi connectivity index (χ2v) is 5.94. The summed E-state index contributed by atoms with van der Waals surface area (Å²) in [5.41, 5.74) is 2.66. The number of pyridine rings is 1. The van der Waals surface area contributed by atoms with Crippen molar-refractivity contribution < 1.29 is 9.72 Å². The Morgan fingerprint density at radius 2 is 1.93 bits per heavy atom. The summed E-state index contributed by atoms with van der Waals surface area (Å²) in [5, 5.41) is 14.3. The molecule has 0 spiro atoms. The van der Waals surface area contributed by atoms with E-state index in [4.69, 9.17) is 0 Å². The molecule has 3 aromatic rings. The Bertz CT molecular complexity index is 1100. The minimum Gasteiger partial charge on any atom is -0.322 e. The minimum absolute atomic E-state index is 0.00629. The zero-order valence-electron chi connectivity index (χ0n) is 14.6. The van der Waals surface area contributed by atoms with Gasteiger partial charge in [0.15, 0.2) is 0 Å². The van der Waals surface area contributed by atoms with Crippen molar-refractivity contribution in [1.29, 1.82) is 0 Å². The van der Waals surface area contributed by atoms with E-state index in [9.17, 15) is 19.7 Å².